The minimum atomic E-state index is -4.31. The summed E-state index contributed by atoms with van der Waals surface area (Å²) in [6, 6.07) is 28.0. The van der Waals surface area contributed by atoms with Crippen molar-refractivity contribution in [3.05, 3.63) is 124 Å². The first-order valence-electron chi connectivity index (χ1n) is 16.0. The Morgan fingerprint density at radius 1 is 0.854 bits per heavy atom. The van der Waals surface area contributed by atoms with Crippen LogP contribution in [0.25, 0.3) is 0 Å². The average Bonchev–Trinajstić information content (AvgIpc) is 3.11. The number of halogens is 2. The highest BCUT2D eigenvalue weighted by Crippen LogP contribution is 2.33. The lowest BCUT2D eigenvalue weighted by molar-refractivity contribution is -0.140. The number of carbonyl (C=O) groups excluding carboxylic acids is 2. The molecule has 11 heteroatoms. The summed E-state index contributed by atoms with van der Waals surface area (Å²) < 4.78 is 34.8. The van der Waals surface area contributed by atoms with Gasteiger partial charge in [-0.05, 0) is 66.4 Å². The number of anilines is 1. The number of nitrogens with one attached hydrogen (secondary N) is 1. The van der Waals surface area contributed by atoms with E-state index in [0.717, 1.165) is 42.0 Å². The van der Waals surface area contributed by atoms with Gasteiger partial charge < -0.3 is 15.0 Å². The molecule has 1 aliphatic rings. The second kappa shape index (κ2) is 16.4. The van der Waals surface area contributed by atoms with Crippen LogP contribution in [0.4, 0.5) is 5.69 Å². The summed E-state index contributed by atoms with van der Waals surface area (Å²) in [5.74, 6) is -0.293. The minimum Gasteiger partial charge on any atom is -0.497 e. The van der Waals surface area contributed by atoms with E-state index >= 15 is 0 Å². The Morgan fingerprint density at radius 2 is 1.52 bits per heavy atom. The van der Waals surface area contributed by atoms with Crippen molar-refractivity contribution in [2.24, 2.45) is 0 Å². The number of amides is 2. The maximum Gasteiger partial charge on any atom is 0.264 e. The number of rotatable bonds is 13. The van der Waals surface area contributed by atoms with Crippen LogP contribution in [-0.4, -0.2) is 50.9 Å². The number of sulfonamides is 1. The zero-order valence-electron chi connectivity index (χ0n) is 26.7. The van der Waals surface area contributed by atoms with Crippen molar-refractivity contribution in [1.82, 2.24) is 10.2 Å². The molecule has 2 amide bonds. The van der Waals surface area contributed by atoms with Gasteiger partial charge in [-0.2, -0.15) is 0 Å². The number of hydrogen-bond donors (Lipinski definition) is 1. The Labute approximate surface area is 292 Å². The van der Waals surface area contributed by atoms with Crippen molar-refractivity contribution >= 4 is 50.7 Å². The number of nitrogens with zero attached hydrogens (tertiary/aromatic N) is 2. The summed E-state index contributed by atoms with van der Waals surface area (Å²) >= 11 is 12.9. The van der Waals surface area contributed by atoms with Crippen LogP contribution >= 0.6 is 23.2 Å². The Bertz CT molecular complexity index is 1800. The van der Waals surface area contributed by atoms with Gasteiger partial charge in [-0.25, -0.2) is 8.42 Å². The van der Waals surface area contributed by atoms with Crippen LogP contribution in [0.5, 0.6) is 5.75 Å². The Hall–Kier alpha value is -4.05. The third-order valence-electron chi connectivity index (χ3n) is 8.50. The summed E-state index contributed by atoms with van der Waals surface area (Å²) in [5, 5.41) is 3.56. The molecule has 8 nitrogen and oxygen atoms in total. The van der Waals surface area contributed by atoms with Gasteiger partial charge in [0.25, 0.3) is 10.0 Å². The molecular formula is C37H39Cl2N3O5S. The van der Waals surface area contributed by atoms with Crippen molar-refractivity contribution < 1.29 is 22.7 Å². The van der Waals surface area contributed by atoms with Crippen LogP contribution in [0.2, 0.25) is 10.0 Å². The molecule has 0 radical (unpaired) electrons. The van der Waals surface area contributed by atoms with Gasteiger partial charge in [0.2, 0.25) is 11.8 Å². The number of benzene rings is 4. The van der Waals surface area contributed by atoms with Crippen molar-refractivity contribution in [3.8, 4) is 5.75 Å². The molecule has 4 aromatic rings. The van der Waals surface area contributed by atoms with E-state index in [1.807, 2.05) is 42.5 Å². The monoisotopic (exact) mass is 707 g/mol. The number of ether oxygens (including phenoxy) is 1. The lowest BCUT2D eigenvalue weighted by Crippen LogP contribution is -2.55. The largest absolute Gasteiger partial charge is 0.497 e. The molecule has 4 aromatic carbocycles. The zero-order chi connectivity index (χ0) is 34.1. The molecule has 252 valence electrons. The molecule has 0 bridgehead atoms. The first-order chi connectivity index (χ1) is 23.2. The normalized spacial score (nSPS) is 14.1. The molecule has 1 atom stereocenters. The zero-order valence-corrected chi connectivity index (χ0v) is 29.1. The third-order valence-corrected chi connectivity index (χ3v) is 10.8. The second-order valence-corrected chi connectivity index (χ2v) is 14.5. The predicted octanol–water partition coefficient (Wildman–Crippen LogP) is 7.29. The average molecular weight is 709 g/mol. The van der Waals surface area contributed by atoms with E-state index in [1.54, 1.807) is 43.5 Å². The summed E-state index contributed by atoms with van der Waals surface area (Å²) in [6.07, 6.45) is 5.12. The molecule has 5 rings (SSSR count). The van der Waals surface area contributed by atoms with E-state index in [0.29, 0.717) is 11.3 Å². The molecular weight excluding hydrogens is 669 g/mol. The van der Waals surface area contributed by atoms with Gasteiger partial charge in [-0.3, -0.25) is 13.9 Å². The van der Waals surface area contributed by atoms with Crippen LogP contribution in [0, 0.1) is 0 Å². The number of methoxy groups -OCH3 is 1. The molecule has 0 aromatic heterocycles. The summed E-state index contributed by atoms with van der Waals surface area (Å²) in [5.41, 5.74) is 1.62. The first-order valence-corrected chi connectivity index (χ1v) is 18.1. The molecule has 1 fully saturated rings. The van der Waals surface area contributed by atoms with Crippen molar-refractivity contribution in [2.75, 3.05) is 18.0 Å². The van der Waals surface area contributed by atoms with Crippen molar-refractivity contribution in [1.29, 1.82) is 0 Å². The highest BCUT2D eigenvalue weighted by Gasteiger charge is 2.36. The lowest BCUT2D eigenvalue weighted by atomic mass is 9.94. The number of hydrogen-bond acceptors (Lipinski definition) is 5. The highest BCUT2D eigenvalue weighted by molar-refractivity contribution is 7.92. The van der Waals surface area contributed by atoms with E-state index in [4.69, 9.17) is 27.9 Å². The standard InChI is InChI=1S/C37H39Cl2N3O5S/c1-47-31-17-11-14-28(22-31)25-41(35(23-27-12-5-2-6-13-27)37(44)40-30-15-7-3-8-16-30)36(43)26-42(34-24-29(38)20-21-33(34)39)48(45,46)32-18-9-4-10-19-32/h2,4-6,9-14,17-22,24,30,35H,3,7-8,15-16,23,25-26H2,1H3,(H,40,44)/t35-/m1/s1. The minimum absolute atomic E-state index is 0.00137. The van der Waals surface area contributed by atoms with Gasteiger partial charge in [0.1, 0.15) is 18.3 Å². The van der Waals surface area contributed by atoms with Gasteiger partial charge in [0.05, 0.1) is 22.7 Å². The third kappa shape index (κ3) is 8.89. The molecule has 48 heavy (non-hydrogen) atoms. The summed E-state index contributed by atoms with van der Waals surface area (Å²) in [6.45, 7) is -0.614. The van der Waals surface area contributed by atoms with E-state index in [9.17, 15) is 18.0 Å². The predicted molar refractivity (Wildman–Crippen MR) is 190 cm³/mol. The van der Waals surface area contributed by atoms with Crippen LogP contribution in [0.3, 0.4) is 0 Å². The molecule has 0 unspecified atom stereocenters. The molecule has 1 N–H and O–H groups in total. The molecule has 0 saturated heterocycles. The van der Waals surface area contributed by atoms with Crippen LogP contribution < -0.4 is 14.4 Å². The quantitative estimate of drug-likeness (QED) is 0.158. The molecule has 0 aliphatic heterocycles. The molecule has 1 saturated carbocycles. The SMILES string of the molecule is COc1cccc(CN(C(=O)CN(c2cc(Cl)ccc2Cl)S(=O)(=O)c2ccccc2)[C@H](Cc2ccccc2)C(=O)NC2CCCCC2)c1. The summed E-state index contributed by atoms with van der Waals surface area (Å²) in [4.78, 5) is 30.4. The van der Waals surface area contributed by atoms with Gasteiger partial charge in [-0.15, -0.1) is 0 Å². The summed E-state index contributed by atoms with van der Waals surface area (Å²) in [7, 11) is -2.76. The maximum atomic E-state index is 14.7. The van der Waals surface area contributed by atoms with E-state index in [1.165, 1.54) is 29.2 Å². The Balaban J connectivity index is 1.59. The fraction of sp³-hybridized carbons (Fsp3) is 0.297. The van der Waals surface area contributed by atoms with Gasteiger partial charge in [0.15, 0.2) is 0 Å². The molecule has 0 heterocycles. The highest BCUT2D eigenvalue weighted by atomic mass is 35.5. The fourth-order valence-electron chi connectivity index (χ4n) is 5.98. The first kappa shape index (κ1) is 35.3. The van der Waals surface area contributed by atoms with Gasteiger partial charge in [-0.1, -0.05) is 103 Å². The van der Waals surface area contributed by atoms with Crippen molar-refractivity contribution in [3.63, 3.8) is 0 Å². The van der Waals surface area contributed by atoms with Gasteiger partial charge >= 0.3 is 0 Å². The van der Waals surface area contributed by atoms with E-state index in [2.05, 4.69) is 5.32 Å². The second-order valence-electron chi connectivity index (χ2n) is 11.8. The Morgan fingerprint density at radius 3 is 2.21 bits per heavy atom. The van der Waals surface area contributed by atoms with Crippen LogP contribution in [-0.2, 0) is 32.6 Å². The van der Waals surface area contributed by atoms with Gasteiger partial charge in [0, 0.05) is 24.0 Å². The van der Waals surface area contributed by atoms with Crippen molar-refractivity contribution in [2.45, 2.75) is 62.0 Å². The fourth-order valence-corrected chi connectivity index (χ4v) is 7.86. The molecule has 1 aliphatic carbocycles. The smallest absolute Gasteiger partial charge is 0.264 e. The van der Waals surface area contributed by atoms with E-state index in [-0.39, 0.29) is 45.5 Å². The van der Waals surface area contributed by atoms with E-state index < -0.39 is 28.5 Å². The number of carbonyl (C=O) groups is 2. The van der Waals surface area contributed by atoms with Crippen LogP contribution in [0.1, 0.15) is 43.2 Å². The maximum absolute atomic E-state index is 14.7. The lowest BCUT2D eigenvalue weighted by Gasteiger charge is -2.35. The topological polar surface area (TPSA) is 96.0 Å². The van der Waals surface area contributed by atoms with Crippen LogP contribution in [0.15, 0.2) is 108 Å². The Kier molecular flexibility index (Phi) is 12.0. The molecule has 0 spiro atoms.